The SMILES string of the molecule is CC1=CSCN1S. The lowest BCUT2D eigenvalue weighted by atomic mass is 10.6. The molecule has 1 rings (SSSR count). The van der Waals surface area contributed by atoms with Crippen LogP contribution in [0.1, 0.15) is 6.92 Å². The molecular weight excluding hydrogens is 126 g/mol. The predicted octanol–water partition coefficient (Wildman–Crippen LogP) is 1.70. The maximum atomic E-state index is 4.13. The number of thioether (sulfide) groups is 1. The van der Waals surface area contributed by atoms with E-state index >= 15 is 0 Å². The molecule has 0 radical (unpaired) electrons. The Bertz CT molecular complexity index is 99.9. The van der Waals surface area contributed by atoms with Gasteiger partial charge < -0.3 is 4.31 Å². The fourth-order valence-corrected chi connectivity index (χ4v) is 1.51. The van der Waals surface area contributed by atoms with E-state index in [4.69, 9.17) is 0 Å². The molecule has 0 N–H and O–H groups in total. The molecule has 0 bridgehead atoms. The Morgan fingerprint density at radius 3 is 2.86 bits per heavy atom. The standard InChI is InChI=1S/C4H7NS2/c1-4-2-7-3-5(4)6/h2,6H,3H2,1H3. The second-order valence-electron chi connectivity index (χ2n) is 1.45. The molecule has 40 valence electrons. The lowest BCUT2D eigenvalue weighted by Gasteiger charge is -2.06. The van der Waals surface area contributed by atoms with Gasteiger partial charge in [0.15, 0.2) is 0 Å². The summed E-state index contributed by atoms with van der Waals surface area (Å²) in [5.41, 5.74) is 1.24. The Hall–Kier alpha value is 0.240. The van der Waals surface area contributed by atoms with Crippen LogP contribution >= 0.6 is 24.6 Å². The highest BCUT2D eigenvalue weighted by Gasteiger charge is 2.04. The zero-order chi connectivity index (χ0) is 5.28. The van der Waals surface area contributed by atoms with Crippen LogP contribution in [0.25, 0.3) is 0 Å². The zero-order valence-electron chi connectivity index (χ0n) is 4.09. The summed E-state index contributed by atoms with van der Waals surface area (Å²) in [6.45, 7) is 2.05. The van der Waals surface area contributed by atoms with Crippen molar-refractivity contribution in [3.05, 3.63) is 11.1 Å². The van der Waals surface area contributed by atoms with Crippen molar-refractivity contribution in [2.24, 2.45) is 0 Å². The van der Waals surface area contributed by atoms with Crippen LogP contribution in [0.4, 0.5) is 0 Å². The fourth-order valence-electron chi connectivity index (χ4n) is 0.391. The van der Waals surface area contributed by atoms with E-state index in [2.05, 4.69) is 18.2 Å². The monoisotopic (exact) mass is 133 g/mol. The topological polar surface area (TPSA) is 3.24 Å². The van der Waals surface area contributed by atoms with E-state index in [0.717, 1.165) is 5.88 Å². The largest absolute Gasteiger partial charge is 0.312 e. The Kier molecular flexibility index (Phi) is 1.54. The minimum absolute atomic E-state index is 0.995. The summed E-state index contributed by atoms with van der Waals surface area (Å²) in [5.74, 6) is 0.995. The second kappa shape index (κ2) is 2.01. The Labute approximate surface area is 53.3 Å². The minimum Gasteiger partial charge on any atom is -0.312 e. The van der Waals surface area contributed by atoms with Gasteiger partial charge in [0.1, 0.15) is 0 Å². The molecule has 0 fully saturated rings. The molecule has 7 heavy (non-hydrogen) atoms. The molecule has 0 atom stereocenters. The number of rotatable bonds is 0. The van der Waals surface area contributed by atoms with Gasteiger partial charge in [-0.15, -0.1) is 11.8 Å². The maximum Gasteiger partial charge on any atom is 0.0785 e. The summed E-state index contributed by atoms with van der Waals surface area (Å²) in [6, 6.07) is 0. The van der Waals surface area contributed by atoms with Gasteiger partial charge in [-0.05, 0) is 12.3 Å². The summed E-state index contributed by atoms with van der Waals surface area (Å²) >= 11 is 5.91. The fraction of sp³-hybridized carbons (Fsp3) is 0.500. The number of nitrogens with zero attached hydrogens (tertiary/aromatic N) is 1. The van der Waals surface area contributed by atoms with E-state index in [9.17, 15) is 0 Å². The molecule has 0 aromatic rings. The Morgan fingerprint density at radius 1 is 2.00 bits per heavy atom. The van der Waals surface area contributed by atoms with Crippen molar-refractivity contribution in [3.8, 4) is 0 Å². The first-order valence-corrected chi connectivity index (χ1v) is 3.50. The molecule has 1 nitrogen and oxygen atoms in total. The van der Waals surface area contributed by atoms with Crippen molar-refractivity contribution >= 4 is 24.6 Å². The highest BCUT2D eigenvalue weighted by Crippen LogP contribution is 2.23. The smallest absolute Gasteiger partial charge is 0.0785 e. The van der Waals surface area contributed by atoms with Crippen LogP contribution < -0.4 is 0 Å². The summed E-state index contributed by atoms with van der Waals surface area (Å²) in [7, 11) is 0. The highest BCUT2D eigenvalue weighted by molar-refractivity contribution is 8.02. The molecule has 0 saturated heterocycles. The average molecular weight is 133 g/mol. The quantitative estimate of drug-likeness (QED) is 0.501. The van der Waals surface area contributed by atoms with E-state index < -0.39 is 0 Å². The Morgan fingerprint density at radius 2 is 2.71 bits per heavy atom. The van der Waals surface area contributed by atoms with Crippen molar-refractivity contribution in [2.45, 2.75) is 6.92 Å². The molecule has 0 unspecified atom stereocenters. The third-order valence-corrected chi connectivity index (χ3v) is 2.42. The normalized spacial score (nSPS) is 20.3. The Balaban J connectivity index is 2.54. The molecule has 1 heterocycles. The highest BCUT2D eigenvalue weighted by atomic mass is 32.2. The van der Waals surface area contributed by atoms with Gasteiger partial charge >= 0.3 is 0 Å². The lowest BCUT2D eigenvalue weighted by Crippen LogP contribution is -2.00. The third kappa shape index (κ3) is 1.07. The van der Waals surface area contributed by atoms with Crippen molar-refractivity contribution in [1.29, 1.82) is 0 Å². The molecule has 0 aromatic heterocycles. The first-order chi connectivity index (χ1) is 3.30. The molecule has 0 aliphatic carbocycles. The molecule has 1 aliphatic rings. The van der Waals surface area contributed by atoms with Gasteiger partial charge in [0, 0.05) is 5.70 Å². The number of allylic oxidation sites excluding steroid dienone is 1. The zero-order valence-corrected chi connectivity index (χ0v) is 5.80. The van der Waals surface area contributed by atoms with Gasteiger partial charge in [-0.1, -0.05) is 12.8 Å². The van der Waals surface area contributed by atoms with E-state index in [1.165, 1.54) is 5.70 Å². The first kappa shape index (κ1) is 5.38. The summed E-state index contributed by atoms with van der Waals surface area (Å²) in [6.07, 6.45) is 0. The van der Waals surface area contributed by atoms with Crippen LogP contribution in [0.2, 0.25) is 0 Å². The van der Waals surface area contributed by atoms with Crippen molar-refractivity contribution in [1.82, 2.24) is 4.31 Å². The number of thiol groups is 1. The maximum absolute atomic E-state index is 4.13. The summed E-state index contributed by atoms with van der Waals surface area (Å²) in [5, 5.41) is 2.10. The van der Waals surface area contributed by atoms with E-state index in [0.29, 0.717) is 0 Å². The molecule has 0 spiro atoms. The summed E-state index contributed by atoms with van der Waals surface area (Å²) < 4.78 is 1.92. The number of hydrogen-bond acceptors (Lipinski definition) is 3. The van der Waals surface area contributed by atoms with E-state index in [1.54, 1.807) is 11.8 Å². The van der Waals surface area contributed by atoms with Crippen LogP contribution in [0.15, 0.2) is 11.1 Å². The van der Waals surface area contributed by atoms with Crippen molar-refractivity contribution in [2.75, 3.05) is 5.88 Å². The molecular formula is C4H7NS2. The second-order valence-corrected chi connectivity index (χ2v) is 2.76. The van der Waals surface area contributed by atoms with Crippen molar-refractivity contribution in [3.63, 3.8) is 0 Å². The number of hydrogen-bond donors (Lipinski definition) is 1. The summed E-state index contributed by atoms with van der Waals surface area (Å²) in [4.78, 5) is 0. The third-order valence-electron chi connectivity index (χ3n) is 0.858. The predicted molar refractivity (Wildman–Crippen MR) is 37.0 cm³/mol. The van der Waals surface area contributed by atoms with Crippen LogP contribution in [-0.4, -0.2) is 10.2 Å². The van der Waals surface area contributed by atoms with Crippen LogP contribution in [0.5, 0.6) is 0 Å². The first-order valence-electron chi connectivity index (χ1n) is 2.05. The van der Waals surface area contributed by atoms with Crippen molar-refractivity contribution < 1.29 is 0 Å². The van der Waals surface area contributed by atoms with Crippen LogP contribution in [-0.2, 0) is 0 Å². The van der Waals surface area contributed by atoms with Gasteiger partial charge in [0.25, 0.3) is 0 Å². The molecule has 3 heteroatoms. The average Bonchev–Trinajstić information content (AvgIpc) is 1.91. The van der Waals surface area contributed by atoms with Gasteiger partial charge in [0.2, 0.25) is 0 Å². The minimum atomic E-state index is 0.995. The van der Waals surface area contributed by atoms with E-state index in [1.807, 2.05) is 11.2 Å². The lowest BCUT2D eigenvalue weighted by molar-refractivity contribution is 0.703. The van der Waals surface area contributed by atoms with Gasteiger partial charge in [0.05, 0.1) is 5.88 Å². The van der Waals surface area contributed by atoms with E-state index in [-0.39, 0.29) is 0 Å². The molecule has 1 aliphatic heterocycles. The van der Waals surface area contributed by atoms with Gasteiger partial charge in [-0.3, -0.25) is 0 Å². The van der Waals surface area contributed by atoms with Gasteiger partial charge in [-0.25, -0.2) is 0 Å². The molecule has 0 aromatic carbocycles. The van der Waals surface area contributed by atoms with Crippen LogP contribution in [0.3, 0.4) is 0 Å². The van der Waals surface area contributed by atoms with Crippen LogP contribution in [0, 0.1) is 0 Å². The molecule has 0 saturated carbocycles. The molecule has 0 amide bonds. The van der Waals surface area contributed by atoms with Gasteiger partial charge in [-0.2, -0.15) is 0 Å².